The van der Waals surface area contributed by atoms with E-state index in [1.165, 1.54) is 6.20 Å². The number of nitrogens with zero attached hydrogens (tertiary/aromatic N) is 2. The molecule has 0 aliphatic carbocycles. The molecule has 15 heavy (non-hydrogen) atoms. The lowest BCUT2D eigenvalue weighted by atomic mass is 10.0. The van der Waals surface area contributed by atoms with Gasteiger partial charge in [0, 0.05) is 18.0 Å². The first kappa shape index (κ1) is 11.3. The van der Waals surface area contributed by atoms with Gasteiger partial charge in [-0.15, -0.1) is 4.91 Å². The molecule has 1 rings (SSSR count). The van der Waals surface area contributed by atoms with Gasteiger partial charge in [-0.05, 0) is 18.6 Å². The zero-order valence-corrected chi connectivity index (χ0v) is 8.51. The molecule has 80 valence electrons. The van der Waals surface area contributed by atoms with Gasteiger partial charge >= 0.3 is 0 Å². The van der Waals surface area contributed by atoms with Crippen molar-refractivity contribution < 1.29 is 4.79 Å². The van der Waals surface area contributed by atoms with Gasteiger partial charge in [0.05, 0.1) is 5.29 Å². The topological polar surface area (TPSA) is 71.4 Å². The van der Waals surface area contributed by atoms with Crippen LogP contribution in [0.3, 0.4) is 0 Å². The van der Waals surface area contributed by atoms with Crippen LogP contribution in [0, 0.1) is 4.91 Å². The minimum atomic E-state index is -0.545. The predicted octanol–water partition coefficient (Wildman–Crippen LogP) is 1.70. The number of rotatable bonds is 6. The van der Waals surface area contributed by atoms with Crippen LogP contribution in [0.15, 0.2) is 29.8 Å². The van der Waals surface area contributed by atoms with Gasteiger partial charge in [-0.1, -0.05) is 13.3 Å². The maximum atomic E-state index is 11.8. The molecule has 1 aromatic heterocycles. The van der Waals surface area contributed by atoms with E-state index in [4.69, 9.17) is 0 Å². The van der Waals surface area contributed by atoms with E-state index in [0.29, 0.717) is 12.0 Å². The highest BCUT2D eigenvalue weighted by Crippen LogP contribution is 2.06. The second kappa shape index (κ2) is 5.85. The van der Waals surface area contributed by atoms with Crippen molar-refractivity contribution in [3.63, 3.8) is 0 Å². The zero-order valence-electron chi connectivity index (χ0n) is 8.51. The molecule has 0 aliphatic rings. The molecule has 0 aliphatic heterocycles. The third kappa shape index (κ3) is 3.12. The van der Waals surface area contributed by atoms with Crippen molar-refractivity contribution in [3.05, 3.63) is 35.0 Å². The van der Waals surface area contributed by atoms with E-state index in [1.807, 2.05) is 6.92 Å². The van der Waals surface area contributed by atoms with Crippen molar-refractivity contribution in [1.29, 1.82) is 0 Å². The Labute approximate surface area is 87.9 Å². The molecule has 1 N–H and O–H groups in total. The summed E-state index contributed by atoms with van der Waals surface area (Å²) >= 11 is 0. The Kier molecular flexibility index (Phi) is 4.40. The molecule has 0 aromatic carbocycles. The van der Waals surface area contributed by atoms with Crippen molar-refractivity contribution in [2.45, 2.75) is 25.8 Å². The standard InChI is InChI=1S/C10H13N3O2/c1-2-4-9(12-13-15)10(14)8-5-3-6-11-7-8/h3,5-7,9H,2,4H2,1H3,(H,12,15). The highest BCUT2D eigenvalue weighted by atomic mass is 16.3. The van der Waals surface area contributed by atoms with Crippen LogP contribution in [0.4, 0.5) is 0 Å². The minimum Gasteiger partial charge on any atom is -0.292 e. The van der Waals surface area contributed by atoms with Gasteiger partial charge in [0.15, 0.2) is 5.78 Å². The lowest BCUT2D eigenvalue weighted by molar-refractivity contribution is 0.0937. The second-order valence-electron chi connectivity index (χ2n) is 3.17. The fraction of sp³-hybridized carbons (Fsp3) is 0.400. The number of pyridine rings is 1. The third-order valence-electron chi connectivity index (χ3n) is 2.05. The Bertz CT molecular complexity index is 327. The molecule has 1 aromatic rings. The molecule has 5 nitrogen and oxygen atoms in total. The van der Waals surface area contributed by atoms with Gasteiger partial charge < -0.3 is 0 Å². The summed E-state index contributed by atoms with van der Waals surface area (Å²) in [5.74, 6) is -0.149. The van der Waals surface area contributed by atoms with Gasteiger partial charge in [-0.25, -0.2) is 0 Å². The Hall–Kier alpha value is -1.78. The van der Waals surface area contributed by atoms with Crippen molar-refractivity contribution >= 4 is 5.78 Å². The quantitative estimate of drug-likeness (QED) is 0.438. The number of Topliss-reactive ketones (excluding diaryl/α,β-unsaturated/α-hetero) is 1. The van der Waals surface area contributed by atoms with Crippen molar-refractivity contribution in [1.82, 2.24) is 10.4 Å². The number of carbonyl (C=O) groups excluding carboxylic acids is 1. The van der Waals surface area contributed by atoms with Gasteiger partial charge in [-0.2, -0.15) is 0 Å². The number of nitroso groups, excluding NO2 is 1. The second-order valence-corrected chi connectivity index (χ2v) is 3.17. The van der Waals surface area contributed by atoms with Crippen molar-refractivity contribution in [2.75, 3.05) is 0 Å². The zero-order chi connectivity index (χ0) is 11.1. The summed E-state index contributed by atoms with van der Waals surface area (Å²) in [6.07, 6.45) is 4.47. The van der Waals surface area contributed by atoms with Crippen LogP contribution in [0.5, 0.6) is 0 Å². The monoisotopic (exact) mass is 207 g/mol. The van der Waals surface area contributed by atoms with Crippen LogP contribution in [0.1, 0.15) is 30.1 Å². The highest BCUT2D eigenvalue weighted by molar-refractivity contribution is 5.99. The van der Waals surface area contributed by atoms with Crippen molar-refractivity contribution in [3.8, 4) is 0 Å². The molecule has 0 saturated carbocycles. The molecule has 1 atom stereocenters. The van der Waals surface area contributed by atoms with Crippen LogP contribution in [0.2, 0.25) is 0 Å². The smallest absolute Gasteiger partial charge is 0.188 e. The number of hydrogen-bond donors (Lipinski definition) is 1. The molecule has 0 spiro atoms. The third-order valence-corrected chi connectivity index (χ3v) is 2.05. The van der Waals surface area contributed by atoms with Crippen LogP contribution in [-0.2, 0) is 0 Å². The molecule has 1 heterocycles. The van der Waals surface area contributed by atoms with Crippen LogP contribution >= 0.6 is 0 Å². The maximum Gasteiger partial charge on any atom is 0.188 e. The summed E-state index contributed by atoms with van der Waals surface area (Å²) in [5.41, 5.74) is 2.77. The summed E-state index contributed by atoms with van der Waals surface area (Å²) in [6.45, 7) is 1.94. The Morgan fingerprint density at radius 2 is 2.47 bits per heavy atom. The van der Waals surface area contributed by atoms with Crippen LogP contribution in [-0.4, -0.2) is 16.8 Å². The number of hydrogen-bond acceptors (Lipinski definition) is 4. The summed E-state index contributed by atoms with van der Waals surface area (Å²) in [4.78, 5) is 25.8. The molecule has 0 radical (unpaired) electrons. The molecule has 0 bridgehead atoms. The Morgan fingerprint density at radius 3 is 3.00 bits per heavy atom. The van der Waals surface area contributed by atoms with Crippen LogP contribution in [0.25, 0.3) is 0 Å². The Morgan fingerprint density at radius 1 is 1.67 bits per heavy atom. The molecule has 1 unspecified atom stereocenters. The van der Waals surface area contributed by atoms with E-state index in [2.05, 4.69) is 15.7 Å². The summed E-state index contributed by atoms with van der Waals surface area (Å²) in [7, 11) is 0. The Balaban J connectivity index is 2.76. The SMILES string of the molecule is CCCC(NN=O)C(=O)c1cccnc1. The molecule has 5 heteroatoms. The first-order valence-corrected chi connectivity index (χ1v) is 4.81. The van der Waals surface area contributed by atoms with E-state index in [-0.39, 0.29) is 5.78 Å². The first-order chi connectivity index (χ1) is 7.29. The molecular formula is C10H13N3O2. The fourth-order valence-corrected chi connectivity index (χ4v) is 1.32. The molecule has 0 fully saturated rings. The predicted molar refractivity (Wildman–Crippen MR) is 56.2 cm³/mol. The lowest BCUT2D eigenvalue weighted by Crippen LogP contribution is -2.33. The van der Waals surface area contributed by atoms with Gasteiger partial charge in [-0.3, -0.25) is 15.2 Å². The summed E-state index contributed by atoms with van der Waals surface area (Å²) < 4.78 is 0. The highest BCUT2D eigenvalue weighted by Gasteiger charge is 2.18. The van der Waals surface area contributed by atoms with E-state index in [1.54, 1.807) is 18.3 Å². The summed E-state index contributed by atoms with van der Waals surface area (Å²) in [6, 6.07) is 2.81. The first-order valence-electron chi connectivity index (χ1n) is 4.81. The lowest BCUT2D eigenvalue weighted by Gasteiger charge is -2.11. The average molecular weight is 207 g/mol. The number of nitrogens with one attached hydrogen (secondary N) is 1. The molecule has 0 saturated heterocycles. The molecular weight excluding hydrogens is 194 g/mol. The number of ketones is 1. The van der Waals surface area contributed by atoms with Crippen molar-refractivity contribution in [2.24, 2.45) is 5.29 Å². The van der Waals surface area contributed by atoms with E-state index < -0.39 is 6.04 Å². The maximum absolute atomic E-state index is 11.8. The number of aromatic nitrogens is 1. The van der Waals surface area contributed by atoms with Gasteiger partial charge in [0.1, 0.15) is 6.04 Å². The number of carbonyl (C=O) groups is 1. The van der Waals surface area contributed by atoms with E-state index in [9.17, 15) is 9.70 Å². The fourth-order valence-electron chi connectivity index (χ4n) is 1.32. The van der Waals surface area contributed by atoms with Crippen LogP contribution < -0.4 is 5.43 Å². The average Bonchev–Trinajstić information content (AvgIpc) is 2.29. The van der Waals surface area contributed by atoms with Gasteiger partial charge in [0.25, 0.3) is 0 Å². The normalized spacial score (nSPS) is 11.8. The van der Waals surface area contributed by atoms with Gasteiger partial charge in [0.2, 0.25) is 0 Å². The minimum absolute atomic E-state index is 0.149. The van der Waals surface area contributed by atoms with E-state index in [0.717, 1.165) is 6.42 Å². The summed E-state index contributed by atoms with van der Waals surface area (Å²) in [5, 5.41) is 2.56. The largest absolute Gasteiger partial charge is 0.292 e. The molecule has 0 amide bonds. The van der Waals surface area contributed by atoms with E-state index >= 15 is 0 Å².